The highest BCUT2D eigenvalue weighted by Crippen LogP contribution is 2.31. The second-order valence-corrected chi connectivity index (χ2v) is 5.96. The van der Waals surface area contributed by atoms with Crippen molar-refractivity contribution in [3.05, 3.63) is 52.8 Å². The standard InChI is InChI=1S/C16H11Cl2N5/c1-23-13-5-3-2-4-12(13)21-16(23)22-15-10-6-9(17)7-11(18)14(10)19-8-20-15/h2-8H,1H3,(H,19,20,21,22). The van der Waals surface area contributed by atoms with Crippen LogP contribution in [0.2, 0.25) is 10.0 Å². The second-order valence-electron chi connectivity index (χ2n) is 5.11. The molecule has 2 heterocycles. The normalized spacial score (nSPS) is 11.3. The summed E-state index contributed by atoms with van der Waals surface area (Å²) in [6.07, 6.45) is 1.47. The lowest BCUT2D eigenvalue weighted by molar-refractivity contribution is 0.955. The van der Waals surface area contributed by atoms with Gasteiger partial charge in [-0.15, -0.1) is 0 Å². The number of hydrogen-bond donors (Lipinski definition) is 1. The van der Waals surface area contributed by atoms with Gasteiger partial charge in [-0.3, -0.25) is 0 Å². The molecular formula is C16H11Cl2N5. The monoisotopic (exact) mass is 343 g/mol. The van der Waals surface area contributed by atoms with Gasteiger partial charge in [0.25, 0.3) is 0 Å². The van der Waals surface area contributed by atoms with Crippen LogP contribution in [0.4, 0.5) is 11.8 Å². The van der Waals surface area contributed by atoms with Gasteiger partial charge in [-0.2, -0.15) is 0 Å². The van der Waals surface area contributed by atoms with Crippen molar-refractivity contribution in [3.8, 4) is 0 Å². The Balaban J connectivity index is 1.88. The van der Waals surface area contributed by atoms with Gasteiger partial charge >= 0.3 is 0 Å². The van der Waals surface area contributed by atoms with E-state index in [4.69, 9.17) is 23.2 Å². The number of hydrogen-bond acceptors (Lipinski definition) is 4. The van der Waals surface area contributed by atoms with Crippen molar-refractivity contribution in [3.63, 3.8) is 0 Å². The van der Waals surface area contributed by atoms with Gasteiger partial charge in [-0.25, -0.2) is 15.0 Å². The Labute approximate surface area is 141 Å². The summed E-state index contributed by atoms with van der Waals surface area (Å²) in [4.78, 5) is 13.1. The predicted octanol–water partition coefficient (Wildman–Crippen LogP) is 4.57. The molecule has 0 unspecified atom stereocenters. The quantitative estimate of drug-likeness (QED) is 0.579. The lowest BCUT2D eigenvalue weighted by Gasteiger charge is -2.09. The Morgan fingerprint density at radius 2 is 1.91 bits per heavy atom. The molecule has 7 heteroatoms. The average molecular weight is 344 g/mol. The van der Waals surface area contributed by atoms with Gasteiger partial charge in [0.2, 0.25) is 5.95 Å². The van der Waals surface area contributed by atoms with Crippen LogP contribution in [0.15, 0.2) is 42.7 Å². The first-order valence-electron chi connectivity index (χ1n) is 6.92. The molecule has 0 atom stereocenters. The largest absolute Gasteiger partial charge is 0.313 e. The summed E-state index contributed by atoms with van der Waals surface area (Å²) in [6.45, 7) is 0. The minimum Gasteiger partial charge on any atom is -0.313 e. The molecule has 4 rings (SSSR count). The second kappa shape index (κ2) is 5.37. The van der Waals surface area contributed by atoms with Crippen molar-refractivity contribution in [1.82, 2.24) is 19.5 Å². The van der Waals surface area contributed by atoms with E-state index in [0.29, 0.717) is 27.3 Å². The van der Waals surface area contributed by atoms with Crippen molar-refractivity contribution in [1.29, 1.82) is 0 Å². The molecular weight excluding hydrogens is 333 g/mol. The zero-order chi connectivity index (χ0) is 16.0. The maximum absolute atomic E-state index is 6.21. The van der Waals surface area contributed by atoms with Crippen LogP contribution in [0.1, 0.15) is 0 Å². The third kappa shape index (κ3) is 2.38. The summed E-state index contributed by atoms with van der Waals surface area (Å²) >= 11 is 12.3. The number of halogens is 2. The molecule has 2 aromatic carbocycles. The molecule has 0 aliphatic rings. The predicted molar refractivity (Wildman–Crippen MR) is 93.6 cm³/mol. The Kier molecular flexibility index (Phi) is 3.32. The molecule has 4 aromatic rings. The van der Waals surface area contributed by atoms with Crippen molar-refractivity contribution < 1.29 is 0 Å². The lowest BCUT2D eigenvalue weighted by Crippen LogP contribution is -2.02. The fourth-order valence-electron chi connectivity index (χ4n) is 2.55. The molecule has 0 amide bonds. The third-order valence-electron chi connectivity index (χ3n) is 3.67. The summed E-state index contributed by atoms with van der Waals surface area (Å²) in [5, 5.41) is 5.01. The number of para-hydroxylation sites is 2. The van der Waals surface area contributed by atoms with E-state index >= 15 is 0 Å². The van der Waals surface area contributed by atoms with Crippen molar-refractivity contribution in [2.24, 2.45) is 7.05 Å². The molecule has 1 N–H and O–H groups in total. The topological polar surface area (TPSA) is 55.6 Å². The van der Waals surface area contributed by atoms with Gasteiger partial charge in [0.05, 0.1) is 21.6 Å². The first-order chi connectivity index (χ1) is 11.1. The number of benzene rings is 2. The first-order valence-corrected chi connectivity index (χ1v) is 7.67. The molecule has 23 heavy (non-hydrogen) atoms. The number of aromatic nitrogens is 4. The summed E-state index contributed by atoms with van der Waals surface area (Å²) in [5.74, 6) is 1.29. The van der Waals surface area contributed by atoms with Gasteiger partial charge in [-0.05, 0) is 24.3 Å². The van der Waals surface area contributed by atoms with Crippen LogP contribution in [0.3, 0.4) is 0 Å². The molecule has 2 aromatic heterocycles. The van der Waals surface area contributed by atoms with Crippen LogP contribution in [-0.4, -0.2) is 19.5 Å². The molecule has 5 nitrogen and oxygen atoms in total. The van der Waals surface area contributed by atoms with Crippen LogP contribution < -0.4 is 5.32 Å². The molecule has 0 aliphatic heterocycles. The number of aryl methyl sites for hydroxylation is 1. The van der Waals surface area contributed by atoms with Crippen LogP contribution in [-0.2, 0) is 7.05 Å². The Morgan fingerprint density at radius 3 is 2.74 bits per heavy atom. The zero-order valence-corrected chi connectivity index (χ0v) is 13.6. The smallest absolute Gasteiger partial charge is 0.209 e. The molecule has 0 aliphatic carbocycles. The van der Waals surface area contributed by atoms with Gasteiger partial charge < -0.3 is 9.88 Å². The van der Waals surface area contributed by atoms with Gasteiger partial charge in [0.15, 0.2) is 0 Å². The number of rotatable bonds is 2. The molecule has 0 radical (unpaired) electrons. The SMILES string of the molecule is Cn1c(Nc2ncnc3c(Cl)cc(Cl)cc23)nc2ccccc21. The van der Waals surface area contributed by atoms with Crippen LogP contribution in [0, 0.1) is 0 Å². The van der Waals surface area contributed by atoms with E-state index in [1.165, 1.54) is 6.33 Å². The maximum Gasteiger partial charge on any atom is 0.209 e. The van der Waals surface area contributed by atoms with E-state index in [-0.39, 0.29) is 0 Å². The van der Waals surface area contributed by atoms with Crippen LogP contribution >= 0.6 is 23.2 Å². The summed E-state index contributed by atoms with van der Waals surface area (Å²) < 4.78 is 1.97. The van der Waals surface area contributed by atoms with E-state index in [1.807, 2.05) is 35.9 Å². The lowest BCUT2D eigenvalue weighted by atomic mass is 10.2. The van der Waals surface area contributed by atoms with E-state index < -0.39 is 0 Å². The summed E-state index contributed by atoms with van der Waals surface area (Å²) in [5.41, 5.74) is 2.59. The van der Waals surface area contributed by atoms with E-state index in [9.17, 15) is 0 Å². The molecule has 0 fully saturated rings. The van der Waals surface area contributed by atoms with Crippen molar-refractivity contribution >= 4 is 56.9 Å². The summed E-state index contributed by atoms with van der Waals surface area (Å²) in [7, 11) is 1.95. The number of nitrogens with zero attached hydrogens (tertiary/aromatic N) is 4. The minimum atomic E-state index is 0.489. The minimum absolute atomic E-state index is 0.489. The van der Waals surface area contributed by atoms with Crippen LogP contribution in [0.5, 0.6) is 0 Å². The Morgan fingerprint density at radius 1 is 1.09 bits per heavy atom. The van der Waals surface area contributed by atoms with E-state index in [0.717, 1.165) is 16.4 Å². The van der Waals surface area contributed by atoms with Gasteiger partial charge in [-0.1, -0.05) is 35.3 Å². The number of nitrogens with one attached hydrogen (secondary N) is 1. The maximum atomic E-state index is 6.21. The molecule has 0 bridgehead atoms. The van der Waals surface area contributed by atoms with Crippen molar-refractivity contribution in [2.45, 2.75) is 0 Å². The fourth-order valence-corrected chi connectivity index (χ4v) is 3.10. The highest BCUT2D eigenvalue weighted by molar-refractivity contribution is 6.38. The Hall–Kier alpha value is -2.37. The third-order valence-corrected chi connectivity index (χ3v) is 4.18. The van der Waals surface area contributed by atoms with Gasteiger partial charge in [0, 0.05) is 17.5 Å². The highest BCUT2D eigenvalue weighted by atomic mass is 35.5. The zero-order valence-electron chi connectivity index (χ0n) is 12.1. The number of anilines is 2. The number of fused-ring (bicyclic) bond motifs is 2. The molecule has 0 saturated carbocycles. The molecule has 0 spiro atoms. The van der Waals surface area contributed by atoms with Crippen molar-refractivity contribution in [2.75, 3.05) is 5.32 Å². The summed E-state index contributed by atoms with van der Waals surface area (Å²) in [6, 6.07) is 11.4. The van der Waals surface area contributed by atoms with E-state index in [1.54, 1.807) is 12.1 Å². The molecule has 114 valence electrons. The number of imidazole rings is 1. The van der Waals surface area contributed by atoms with Crippen LogP contribution in [0.25, 0.3) is 21.9 Å². The van der Waals surface area contributed by atoms with Gasteiger partial charge in [0.1, 0.15) is 12.1 Å². The Bertz CT molecular complexity index is 1040. The van der Waals surface area contributed by atoms with E-state index in [2.05, 4.69) is 20.3 Å². The molecule has 0 saturated heterocycles. The first kappa shape index (κ1) is 14.2. The highest BCUT2D eigenvalue weighted by Gasteiger charge is 2.12. The fraction of sp³-hybridized carbons (Fsp3) is 0.0625. The average Bonchev–Trinajstić information content (AvgIpc) is 2.85.